The highest BCUT2D eigenvalue weighted by atomic mass is 35.5. The van der Waals surface area contributed by atoms with Gasteiger partial charge in [0.05, 0.1) is 0 Å². The zero-order valence-corrected chi connectivity index (χ0v) is 16.9. The average molecular weight is 422 g/mol. The molecule has 0 radical (unpaired) electrons. The molecule has 1 atom stereocenters. The van der Waals surface area contributed by atoms with Gasteiger partial charge in [0.1, 0.15) is 9.77 Å². The summed E-state index contributed by atoms with van der Waals surface area (Å²) in [6.07, 6.45) is 0. The molecule has 3 heterocycles. The topological polar surface area (TPSA) is 78.5 Å². The Morgan fingerprint density at radius 3 is 2.84 bits per heavy atom. The molecule has 1 saturated heterocycles. The van der Waals surface area contributed by atoms with Crippen molar-refractivity contribution in [2.75, 3.05) is 19.6 Å². The molecular weight excluding hydrogens is 402 g/mol. The molecule has 0 aliphatic carbocycles. The minimum atomic E-state index is -3.72. The monoisotopic (exact) mass is 421 g/mol. The van der Waals surface area contributed by atoms with Crippen LogP contribution in [-0.2, 0) is 16.6 Å². The van der Waals surface area contributed by atoms with Crippen molar-refractivity contribution < 1.29 is 13.2 Å². The van der Waals surface area contributed by atoms with E-state index in [1.54, 1.807) is 10.3 Å². The van der Waals surface area contributed by atoms with Crippen molar-refractivity contribution in [2.24, 2.45) is 0 Å². The third-order valence-corrected chi connectivity index (χ3v) is 7.14. The number of hydrogen-bond donors (Lipinski definition) is 2. The van der Waals surface area contributed by atoms with Crippen molar-refractivity contribution in [2.45, 2.75) is 24.4 Å². The van der Waals surface area contributed by atoms with Crippen molar-refractivity contribution in [3.8, 4) is 0 Å². The number of nitrogens with zero attached hydrogens (tertiary/aromatic N) is 1. The maximum atomic E-state index is 12.7. The van der Waals surface area contributed by atoms with Crippen LogP contribution in [-0.4, -0.2) is 44.9 Å². The molecule has 138 valence electrons. The number of thiophene rings is 2. The van der Waals surface area contributed by atoms with Gasteiger partial charge in [0.15, 0.2) is 0 Å². The number of carbonyl (C=O) groups is 1. The van der Waals surface area contributed by atoms with E-state index in [1.165, 1.54) is 28.7 Å². The Bertz CT molecular complexity index is 805. The van der Waals surface area contributed by atoms with Crippen molar-refractivity contribution in [1.82, 2.24) is 14.9 Å². The van der Waals surface area contributed by atoms with Gasteiger partial charge in [0.2, 0.25) is 10.0 Å². The van der Waals surface area contributed by atoms with Crippen LogP contribution in [0.15, 0.2) is 33.9 Å². The normalized spacial score (nSPS) is 18.0. The van der Waals surface area contributed by atoms with E-state index in [0.29, 0.717) is 13.1 Å². The molecule has 0 spiro atoms. The lowest BCUT2D eigenvalue weighted by Crippen LogP contribution is -2.51. The van der Waals surface area contributed by atoms with E-state index in [1.807, 2.05) is 24.4 Å². The molecule has 1 amide bonds. The summed E-state index contributed by atoms with van der Waals surface area (Å²) in [5.41, 5.74) is 0. The molecule has 2 aromatic rings. The van der Waals surface area contributed by atoms with Gasteiger partial charge >= 0.3 is 0 Å². The molecule has 2 aromatic heterocycles. The summed E-state index contributed by atoms with van der Waals surface area (Å²) in [7, 11) is -3.72. The Morgan fingerprint density at radius 2 is 2.16 bits per heavy atom. The molecule has 1 fully saturated rings. The van der Waals surface area contributed by atoms with Gasteiger partial charge in [-0.15, -0.1) is 35.1 Å². The third kappa shape index (κ3) is 4.81. The number of rotatable bonds is 5. The predicted octanol–water partition coefficient (Wildman–Crippen LogP) is 2.14. The fourth-order valence-electron chi connectivity index (χ4n) is 2.58. The van der Waals surface area contributed by atoms with E-state index in [2.05, 4.69) is 10.0 Å². The van der Waals surface area contributed by atoms with E-state index in [9.17, 15) is 13.2 Å². The first-order valence-electron chi connectivity index (χ1n) is 7.59. The van der Waals surface area contributed by atoms with Crippen molar-refractivity contribution in [3.63, 3.8) is 0 Å². The number of piperazine rings is 1. The highest BCUT2D eigenvalue weighted by molar-refractivity contribution is 7.89. The minimum Gasteiger partial charge on any atom is -0.335 e. The zero-order chi connectivity index (χ0) is 17.2. The van der Waals surface area contributed by atoms with Gasteiger partial charge in [-0.3, -0.25) is 4.79 Å². The Balaban J connectivity index is 0.00000225. The maximum Gasteiger partial charge on any atom is 0.265 e. The number of halogens is 1. The van der Waals surface area contributed by atoms with E-state index in [-0.39, 0.29) is 40.7 Å². The Labute approximate surface area is 161 Å². The predicted molar refractivity (Wildman–Crippen MR) is 103 cm³/mol. The van der Waals surface area contributed by atoms with Crippen molar-refractivity contribution in [3.05, 3.63) is 38.7 Å². The second-order valence-electron chi connectivity index (χ2n) is 5.62. The molecule has 0 aromatic carbocycles. The molecule has 1 aliphatic heterocycles. The van der Waals surface area contributed by atoms with Crippen molar-refractivity contribution >= 4 is 51.0 Å². The fraction of sp³-hybridized carbons (Fsp3) is 0.400. The molecule has 25 heavy (non-hydrogen) atoms. The van der Waals surface area contributed by atoms with E-state index in [0.717, 1.165) is 11.4 Å². The summed E-state index contributed by atoms with van der Waals surface area (Å²) in [4.78, 5) is 15.7. The van der Waals surface area contributed by atoms with E-state index < -0.39 is 10.0 Å². The largest absolute Gasteiger partial charge is 0.335 e. The van der Waals surface area contributed by atoms with Crippen LogP contribution >= 0.6 is 35.1 Å². The first-order chi connectivity index (χ1) is 11.5. The van der Waals surface area contributed by atoms with Crippen LogP contribution in [0.25, 0.3) is 0 Å². The molecule has 1 aliphatic rings. The highest BCUT2D eigenvalue weighted by Gasteiger charge is 2.29. The third-order valence-electron chi connectivity index (χ3n) is 3.79. The summed E-state index contributed by atoms with van der Waals surface area (Å²) >= 11 is 2.66. The van der Waals surface area contributed by atoms with Crippen LogP contribution in [0.4, 0.5) is 0 Å². The van der Waals surface area contributed by atoms with Gasteiger partial charge in [0, 0.05) is 37.1 Å². The summed E-state index contributed by atoms with van der Waals surface area (Å²) in [5, 5.41) is 6.82. The summed E-state index contributed by atoms with van der Waals surface area (Å²) in [5.74, 6) is -0.213. The molecule has 1 unspecified atom stereocenters. The second kappa shape index (κ2) is 8.61. The van der Waals surface area contributed by atoms with Crippen LogP contribution < -0.4 is 10.0 Å². The highest BCUT2D eigenvalue weighted by Crippen LogP contribution is 2.24. The molecule has 0 saturated carbocycles. The lowest BCUT2D eigenvalue weighted by atomic mass is 10.2. The number of hydrogen-bond acceptors (Lipinski definition) is 6. The molecule has 3 rings (SSSR count). The van der Waals surface area contributed by atoms with E-state index >= 15 is 0 Å². The van der Waals surface area contributed by atoms with Gasteiger partial charge in [-0.1, -0.05) is 6.07 Å². The quantitative estimate of drug-likeness (QED) is 0.775. The van der Waals surface area contributed by atoms with Gasteiger partial charge in [-0.05, 0) is 29.8 Å². The Morgan fingerprint density at radius 1 is 1.36 bits per heavy atom. The van der Waals surface area contributed by atoms with Crippen LogP contribution in [0.3, 0.4) is 0 Å². The zero-order valence-electron chi connectivity index (χ0n) is 13.6. The molecule has 10 heteroatoms. The van der Waals surface area contributed by atoms with E-state index in [4.69, 9.17) is 0 Å². The van der Waals surface area contributed by atoms with Gasteiger partial charge in [-0.25, -0.2) is 13.1 Å². The summed E-state index contributed by atoms with van der Waals surface area (Å²) in [6.45, 7) is 4.13. The van der Waals surface area contributed by atoms with Gasteiger partial charge in [-0.2, -0.15) is 0 Å². The van der Waals surface area contributed by atoms with Gasteiger partial charge < -0.3 is 10.2 Å². The average Bonchev–Trinajstić information content (AvgIpc) is 3.24. The standard InChI is InChI=1S/C15H19N3O3S3.ClH/c1-11-10-18(6-5-16-11)15(19)14-13(4-8-23-14)24(20,21)17-9-12-3-2-7-22-12;/h2-4,7-8,11,16-17H,5-6,9-10H2,1H3;1H. The maximum absolute atomic E-state index is 12.7. The van der Waals surface area contributed by atoms with Gasteiger partial charge in [0.25, 0.3) is 5.91 Å². The lowest BCUT2D eigenvalue weighted by molar-refractivity contribution is 0.0710. The summed E-state index contributed by atoms with van der Waals surface area (Å²) < 4.78 is 27.7. The molecule has 2 N–H and O–H groups in total. The minimum absolute atomic E-state index is 0. The lowest BCUT2D eigenvalue weighted by Gasteiger charge is -2.31. The van der Waals surface area contributed by atoms with Crippen LogP contribution in [0.5, 0.6) is 0 Å². The number of sulfonamides is 1. The second-order valence-corrected chi connectivity index (χ2v) is 9.31. The van der Waals surface area contributed by atoms with Crippen LogP contribution in [0, 0.1) is 0 Å². The molecular formula is C15H20ClN3O3S3. The smallest absolute Gasteiger partial charge is 0.265 e. The Hall–Kier alpha value is -0.970. The first-order valence-corrected chi connectivity index (χ1v) is 10.8. The first kappa shape index (κ1) is 20.3. The van der Waals surface area contributed by atoms with Crippen LogP contribution in [0.2, 0.25) is 0 Å². The number of nitrogens with one attached hydrogen (secondary N) is 2. The summed E-state index contributed by atoms with van der Waals surface area (Å²) in [6, 6.07) is 5.45. The number of carbonyl (C=O) groups excluding carboxylic acids is 1. The van der Waals surface area contributed by atoms with Crippen LogP contribution in [0.1, 0.15) is 21.5 Å². The Kier molecular flexibility index (Phi) is 7.01. The fourth-order valence-corrected chi connectivity index (χ4v) is 5.71. The molecule has 6 nitrogen and oxygen atoms in total. The molecule has 0 bridgehead atoms. The number of amides is 1. The SMILES string of the molecule is CC1CN(C(=O)c2sccc2S(=O)(=O)NCc2cccs2)CCN1.Cl. The van der Waals surface area contributed by atoms with Crippen molar-refractivity contribution in [1.29, 1.82) is 0 Å².